The summed E-state index contributed by atoms with van der Waals surface area (Å²) >= 11 is 1.58. The summed E-state index contributed by atoms with van der Waals surface area (Å²) in [5.41, 5.74) is 0.0295. The molecular weight excluding hydrogens is 288 g/mol. The summed E-state index contributed by atoms with van der Waals surface area (Å²) in [7, 11) is 0. The quantitative estimate of drug-likeness (QED) is 0.940. The van der Waals surface area contributed by atoms with Crippen molar-refractivity contribution in [3.8, 4) is 10.8 Å². The Kier molecular flexibility index (Phi) is 3.59. The number of thiophene rings is 1. The van der Waals surface area contributed by atoms with Crippen molar-refractivity contribution >= 4 is 17.3 Å². The number of aliphatic carboxylic acids is 1. The largest absolute Gasteiger partial charge is 0.480 e. The molecule has 0 aromatic carbocycles. The van der Waals surface area contributed by atoms with Crippen LogP contribution in [0, 0.1) is 6.92 Å². The molecule has 1 N–H and O–H groups in total. The zero-order valence-corrected chi connectivity index (χ0v) is 12.9. The molecule has 1 saturated heterocycles. The number of carboxylic acid groups (broad SMARTS) is 1. The number of aryl methyl sites for hydroxylation is 1. The number of hydrogen-bond acceptors (Lipinski definition) is 5. The third-order valence-electron chi connectivity index (χ3n) is 4.22. The van der Waals surface area contributed by atoms with Gasteiger partial charge in [0.1, 0.15) is 11.3 Å². The van der Waals surface area contributed by atoms with Crippen LogP contribution in [0.4, 0.5) is 0 Å². The van der Waals surface area contributed by atoms with Gasteiger partial charge in [0.15, 0.2) is 0 Å². The summed E-state index contributed by atoms with van der Waals surface area (Å²) in [6.45, 7) is 4.97. The third-order valence-corrected chi connectivity index (χ3v) is 5.07. The van der Waals surface area contributed by atoms with E-state index in [0.717, 1.165) is 29.3 Å². The van der Waals surface area contributed by atoms with E-state index >= 15 is 0 Å². The average molecular weight is 306 g/mol. The van der Waals surface area contributed by atoms with Crippen LogP contribution in [-0.2, 0) is 11.3 Å². The maximum absolute atomic E-state index is 11.5. The van der Waals surface area contributed by atoms with E-state index in [4.69, 9.17) is 4.42 Å². The number of hydrogen-bond donors (Lipinski definition) is 1. The Hall–Kier alpha value is -1.66. The van der Waals surface area contributed by atoms with Gasteiger partial charge in [0.05, 0.1) is 10.6 Å². The molecule has 3 heterocycles. The van der Waals surface area contributed by atoms with Gasteiger partial charge in [-0.3, -0.25) is 9.69 Å². The summed E-state index contributed by atoms with van der Waals surface area (Å²) in [6.07, 6.45) is 1.58. The Morgan fingerprint density at radius 2 is 2.43 bits per heavy atom. The minimum Gasteiger partial charge on any atom is -0.480 e. The predicted octanol–water partition coefficient (Wildman–Crippen LogP) is 3.15. The lowest BCUT2D eigenvalue weighted by atomic mass is 9.99. The van der Waals surface area contributed by atoms with Gasteiger partial charge in [0.25, 0.3) is 0 Å². The number of likely N-dealkylation sites (tertiary alicyclic amines) is 1. The summed E-state index contributed by atoms with van der Waals surface area (Å²) in [5, 5.41) is 11.4. The summed E-state index contributed by atoms with van der Waals surface area (Å²) in [4.78, 5) is 19.0. The second-order valence-corrected chi connectivity index (χ2v) is 6.55. The van der Waals surface area contributed by atoms with E-state index in [1.165, 1.54) is 0 Å². The van der Waals surface area contributed by atoms with Crippen LogP contribution in [0.1, 0.15) is 31.2 Å². The van der Waals surface area contributed by atoms with Crippen molar-refractivity contribution < 1.29 is 14.3 Å². The van der Waals surface area contributed by atoms with Crippen LogP contribution in [0.25, 0.3) is 10.8 Å². The van der Waals surface area contributed by atoms with Crippen LogP contribution in [-0.4, -0.2) is 33.0 Å². The van der Waals surface area contributed by atoms with Crippen molar-refractivity contribution in [3.63, 3.8) is 0 Å². The molecule has 0 saturated carbocycles. The fraction of sp³-hybridized carbons (Fsp3) is 0.467. The number of oxazole rings is 1. The number of nitrogens with zero attached hydrogens (tertiary/aromatic N) is 2. The van der Waals surface area contributed by atoms with Crippen molar-refractivity contribution in [2.45, 2.75) is 38.8 Å². The first-order valence-corrected chi connectivity index (χ1v) is 7.87. The monoisotopic (exact) mass is 306 g/mol. The molecule has 0 radical (unpaired) electrons. The van der Waals surface area contributed by atoms with Crippen molar-refractivity contribution in [2.24, 2.45) is 0 Å². The first kappa shape index (κ1) is 14.3. The van der Waals surface area contributed by atoms with Crippen molar-refractivity contribution in [1.82, 2.24) is 9.88 Å². The Morgan fingerprint density at radius 1 is 1.62 bits per heavy atom. The zero-order valence-electron chi connectivity index (χ0n) is 12.1. The van der Waals surface area contributed by atoms with E-state index < -0.39 is 11.5 Å². The lowest BCUT2D eigenvalue weighted by Crippen LogP contribution is -2.47. The Labute approximate surface area is 127 Å². The molecule has 5 nitrogen and oxygen atoms in total. The van der Waals surface area contributed by atoms with Gasteiger partial charge < -0.3 is 9.52 Å². The van der Waals surface area contributed by atoms with Gasteiger partial charge in [0, 0.05) is 6.54 Å². The molecule has 1 unspecified atom stereocenters. The first-order valence-electron chi connectivity index (χ1n) is 6.99. The fourth-order valence-corrected chi connectivity index (χ4v) is 3.42. The maximum atomic E-state index is 11.5. The van der Waals surface area contributed by atoms with Crippen LogP contribution in [0.2, 0.25) is 0 Å². The SMILES string of the molecule is Cc1oc(-c2cccs2)nc1CN1CCCC1(C)C(=O)O. The van der Waals surface area contributed by atoms with Gasteiger partial charge in [-0.15, -0.1) is 11.3 Å². The molecule has 1 aliphatic rings. The van der Waals surface area contributed by atoms with Crippen molar-refractivity contribution in [3.05, 3.63) is 29.0 Å². The average Bonchev–Trinajstić information content (AvgIpc) is 3.13. The topological polar surface area (TPSA) is 66.6 Å². The van der Waals surface area contributed by atoms with Gasteiger partial charge in [-0.05, 0) is 44.7 Å². The molecule has 0 aliphatic carbocycles. The van der Waals surface area contributed by atoms with E-state index in [-0.39, 0.29) is 0 Å². The van der Waals surface area contributed by atoms with Gasteiger partial charge in [-0.25, -0.2) is 4.98 Å². The van der Waals surface area contributed by atoms with E-state index in [2.05, 4.69) is 4.98 Å². The maximum Gasteiger partial charge on any atom is 0.323 e. The highest BCUT2D eigenvalue weighted by atomic mass is 32.1. The molecule has 1 fully saturated rings. The van der Waals surface area contributed by atoms with Gasteiger partial charge in [-0.2, -0.15) is 0 Å². The molecule has 3 rings (SSSR count). The highest BCUT2D eigenvalue weighted by Crippen LogP contribution is 2.32. The van der Waals surface area contributed by atoms with Crippen LogP contribution in [0.3, 0.4) is 0 Å². The molecule has 2 aromatic heterocycles. The number of rotatable bonds is 4. The molecule has 0 amide bonds. The molecule has 2 aromatic rings. The number of aromatic nitrogens is 1. The molecular formula is C15H18N2O3S. The van der Waals surface area contributed by atoms with Crippen LogP contribution in [0.15, 0.2) is 21.9 Å². The standard InChI is InChI=1S/C15H18N2O3S/c1-10-11(16-13(20-10)12-5-3-8-21-12)9-17-7-4-6-15(17,2)14(18)19/h3,5,8H,4,6-7,9H2,1-2H3,(H,18,19). The zero-order chi connectivity index (χ0) is 15.0. The lowest BCUT2D eigenvalue weighted by molar-refractivity contribution is -0.148. The first-order chi connectivity index (χ1) is 10.0. The molecule has 1 atom stereocenters. The molecule has 112 valence electrons. The Bertz CT molecular complexity index is 650. The summed E-state index contributed by atoms with van der Waals surface area (Å²) in [5.74, 6) is 0.617. The normalized spacial score (nSPS) is 22.8. The minimum atomic E-state index is -0.797. The Balaban J connectivity index is 1.84. The highest BCUT2D eigenvalue weighted by Gasteiger charge is 2.43. The van der Waals surface area contributed by atoms with Crippen LogP contribution >= 0.6 is 11.3 Å². The van der Waals surface area contributed by atoms with Gasteiger partial charge in [0.2, 0.25) is 5.89 Å². The number of carbonyl (C=O) groups is 1. The predicted molar refractivity (Wildman–Crippen MR) is 80.2 cm³/mol. The molecule has 0 spiro atoms. The molecule has 21 heavy (non-hydrogen) atoms. The summed E-state index contributed by atoms with van der Waals surface area (Å²) in [6, 6.07) is 3.93. The van der Waals surface area contributed by atoms with Crippen molar-refractivity contribution in [1.29, 1.82) is 0 Å². The van der Waals surface area contributed by atoms with Crippen LogP contribution in [0.5, 0.6) is 0 Å². The lowest BCUT2D eigenvalue weighted by Gasteiger charge is -2.30. The fourth-order valence-electron chi connectivity index (χ4n) is 2.78. The number of carboxylic acids is 1. The van der Waals surface area contributed by atoms with Gasteiger partial charge in [-0.1, -0.05) is 6.07 Å². The summed E-state index contributed by atoms with van der Waals surface area (Å²) < 4.78 is 5.72. The highest BCUT2D eigenvalue weighted by molar-refractivity contribution is 7.13. The molecule has 0 bridgehead atoms. The van der Waals surface area contributed by atoms with E-state index in [1.807, 2.05) is 29.3 Å². The van der Waals surface area contributed by atoms with Gasteiger partial charge >= 0.3 is 5.97 Å². The smallest absolute Gasteiger partial charge is 0.323 e. The molecule has 6 heteroatoms. The van der Waals surface area contributed by atoms with Crippen molar-refractivity contribution in [2.75, 3.05) is 6.54 Å². The third kappa shape index (κ3) is 2.49. The molecule has 1 aliphatic heterocycles. The minimum absolute atomic E-state index is 0.517. The second-order valence-electron chi connectivity index (χ2n) is 5.60. The van der Waals surface area contributed by atoms with E-state index in [1.54, 1.807) is 18.3 Å². The second kappa shape index (κ2) is 5.27. The van der Waals surface area contributed by atoms with E-state index in [0.29, 0.717) is 18.9 Å². The van der Waals surface area contributed by atoms with Crippen LogP contribution < -0.4 is 0 Å². The van der Waals surface area contributed by atoms with E-state index in [9.17, 15) is 9.90 Å². The Morgan fingerprint density at radius 3 is 3.10 bits per heavy atom.